The summed E-state index contributed by atoms with van der Waals surface area (Å²) in [5.41, 5.74) is 3.66. The van der Waals surface area contributed by atoms with Crippen LogP contribution in [0, 0.1) is 0 Å². The fourth-order valence-electron chi connectivity index (χ4n) is 1.76. The number of carbonyl (C=O) groups is 1. The minimum absolute atomic E-state index is 0.179. The van der Waals surface area contributed by atoms with Crippen LogP contribution < -0.4 is 10.6 Å². The predicted octanol–water partition coefficient (Wildman–Crippen LogP) is 4.01. The van der Waals surface area contributed by atoms with Gasteiger partial charge in [-0.2, -0.15) is 0 Å². The van der Waals surface area contributed by atoms with Crippen molar-refractivity contribution in [1.29, 1.82) is 0 Å². The van der Waals surface area contributed by atoms with Gasteiger partial charge in [0.15, 0.2) is 0 Å². The molecule has 0 bridgehead atoms. The van der Waals surface area contributed by atoms with Gasteiger partial charge in [0.2, 0.25) is 0 Å². The molecule has 0 radical (unpaired) electrons. The van der Waals surface area contributed by atoms with Gasteiger partial charge in [-0.05, 0) is 12.1 Å². The van der Waals surface area contributed by atoms with Gasteiger partial charge in [-0.1, -0.05) is 26.0 Å². The van der Waals surface area contributed by atoms with E-state index in [1.165, 1.54) is 0 Å². The number of hydrogen-bond acceptors (Lipinski definition) is 4. The van der Waals surface area contributed by atoms with Crippen molar-refractivity contribution in [1.82, 2.24) is 10.3 Å². The minimum Gasteiger partial charge on any atom is -0.337 e. The van der Waals surface area contributed by atoms with Crippen LogP contribution in [-0.2, 0) is 6.42 Å². The van der Waals surface area contributed by atoms with Gasteiger partial charge < -0.3 is 10.6 Å². The van der Waals surface area contributed by atoms with Gasteiger partial charge in [0, 0.05) is 28.5 Å². The van der Waals surface area contributed by atoms with Gasteiger partial charge in [-0.3, -0.25) is 0 Å². The Morgan fingerprint density at radius 3 is 2.90 bits per heavy atom. The molecule has 0 aliphatic rings. The molecular weight excluding hydrogens is 302 g/mol. The van der Waals surface area contributed by atoms with Crippen LogP contribution in [0.3, 0.4) is 0 Å². The molecule has 0 unspecified atom stereocenters. The lowest BCUT2D eigenvalue weighted by atomic mass is 10.3. The number of benzene rings is 1. The molecule has 0 aliphatic heterocycles. The summed E-state index contributed by atoms with van der Waals surface area (Å²) in [5.74, 6) is 0. The van der Waals surface area contributed by atoms with E-state index in [0.29, 0.717) is 11.8 Å². The van der Waals surface area contributed by atoms with Crippen molar-refractivity contribution in [3.8, 4) is 0 Å². The molecule has 2 rings (SSSR count). The van der Waals surface area contributed by atoms with Crippen molar-refractivity contribution < 1.29 is 4.79 Å². The lowest BCUT2D eigenvalue weighted by Gasteiger charge is -2.12. The predicted molar refractivity (Wildman–Crippen MR) is 90.3 cm³/mol. The minimum atomic E-state index is -0.179. The Labute approximate surface area is 133 Å². The van der Waals surface area contributed by atoms with Crippen LogP contribution in [0.5, 0.6) is 0 Å². The van der Waals surface area contributed by atoms with Crippen molar-refractivity contribution >= 4 is 34.8 Å². The molecule has 2 amide bonds. The van der Waals surface area contributed by atoms with Crippen LogP contribution >= 0.6 is 23.1 Å². The standard InChI is InChI=1S/C15H19N3OS2/c1-11(2)21-14-6-4-3-5-13(14)18-15(19)16-8-7-12-9-20-10-17-12/h3-6,9-11H,7-8H2,1-2H3,(H2,16,18,19). The van der Waals surface area contributed by atoms with Crippen molar-refractivity contribution in [2.75, 3.05) is 11.9 Å². The number of aromatic nitrogens is 1. The molecule has 1 aromatic heterocycles. The highest BCUT2D eigenvalue weighted by Gasteiger charge is 2.08. The number of anilines is 1. The summed E-state index contributed by atoms with van der Waals surface area (Å²) in [4.78, 5) is 17.2. The highest BCUT2D eigenvalue weighted by molar-refractivity contribution is 8.00. The Morgan fingerprint density at radius 2 is 2.19 bits per heavy atom. The number of para-hydroxylation sites is 1. The Kier molecular flexibility index (Phi) is 6.07. The molecule has 1 heterocycles. The number of nitrogens with zero attached hydrogens (tertiary/aromatic N) is 1. The van der Waals surface area contributed by atoms with Gasteiger partial charge in [-0.25, -0.2) is 9.78 Å². The molecule has 4 nitrogen and oxygen atoms in total. The summed E-state index contributed by atoms with van der Waals surface area (Å²) >= 11 is 3.30. The maximum absolute atomic E-state index is 11.9. The third-order valence-electron chi connectivity index (χ3n) is 2.65. The smallest absolute Gasteiger partial charge is 0.319 e. The zero-order valence-electron chi connectivity index (χ0n) is 12.1. The second-order valence-electron chi connectivity index (χ2n) is 4.77. The molecule has 0 atom stereocenters. The highest BCUT2D eigenvalue weighted by atomic mass is 32.2. The number of nitrogens with one attached hydrogen (secondary N) is 2. The summed E-state index contributed by atoms with van der Waals surface area (Å²) in [6.07, 6.45) is 0.749. The number of rotatable bonds is 6. The number of thiazole rings is 1. The summed E-state index contributed by atoms with van der Waals surface area (Å²) in [5, 5.41) is 8.23. The third-order valence-corrected chi connectivity index (χ3v) is 4.36. The van der Waals surface area contributed by atoms with Crippen molar-refractivity contribution in [3.63, 3.8) is 0 Å². The summed E-state index contributed by atoms with van der Waals surface area (Å²) in [6.45, 7) is 4.85. The van der Waals surface area contributed by atoms with E-state index >= 15 is 0 Å². The molecular formula is C15H19N3OS2. The summed E-state index contributed by atoms with van der Waals surface area (Å²) in [6, 6.07) is 7.67. The molecule has 21 heavy (non-hydrogen) atoms. The maximum atomic E-state index is 11.9. The van der Waals surface area contributed by atoms with Crippen molar-refractivity contribution in [2.45, 2.75) is 30.4 Å². The quantitative estimate of drug-likeness (QED) is 0.791. The third kappa shape index (κ3) is 5.40. The fourth-order valence-corrected chi connectivity index (χ4v) is 3.26. The average molecular weight is 321 g/mol. The second-order valence-corrected chi connectivity index (χ2v) is 7.11. The first-order valence-electron chi connectivity index (χ1n) is 6.82. The number of thioether (sulfide) groups is 1. The summed E-state index contributed by atoms with van der Waals surface area (Å²) in [7, 11) is 0. The van der Waals surface area contributed by atoms with Crippen LogP contribution in [0.1, 0.15) is 19.5 Å². The number of amides is 2. The van der Waals surface area contributed by atoms with Crippen molar-refractivity contribution in [3.05, 3.63) is 40.8 Å². The van der Waals surface area contributed by atoms with E-state index in [-0.39, 0.29) is 6.03 Å². The lowest BCUT2D eigenvalue weighted by Crippen LogP contribution is -2.30. The van der Waals surface area contributed by atoms with Gasteiger partial charge in [0.1, 0.15) is 0 Å². The number of hydrogen-bond donors (Lipinski definition) is 2. The average Bonchev–Trinajstić information content (AvgIpc) is 2.93. The van der Waals surface area contributed by atoms with E-state index in [4.69, 9.17) is 0 Å². The van der Waals surface area contributed by atoms with E-state index in [0.717, 1.165) is 22.7 Å². The van der Waals surface area contributed by atoms with E-state index in [1.807, 2.05) is 29.6 Å². The molecule has 0 saturated carbocycles. The van der Waals surface area contributed by atoms with Crippen molar-refractivity contribution in [2.24, 2.45) is 0 Å². The largest absolute Gasteiger partial charge is 0.337 e. The molecule has 6 heteroatoms. The van der Waals surface area contributed by atoms with Gasteiger partial charge in [0.05, 0.1) is 16.9 Å². The fraction of sp³-hybridized carbons (Fsp3) is 0.333. The second kappa shape index (κ2) is 8.05. The Morgan fingerprint density at radius 1 is 1.38 bits per heavy atom. The van der Waals surface area contributed by atoms with Crippen LogP contribution in [0.15, 0.2) is 40.1 Å². The first-order valence-corrected chi connectivity index (χ1v) is 8.65. The van der Waals surface area contributed by atoms with Crippen LogP contribution in [0.4, 0.5) is 10.5 Å². The van der Waals surface area contributed by atoms with E-state index < -0.39 is 0 Å². The van der Waals surface area contributed by atoms with E-state index in [1.54, 1.807) is 28.6 Å². The van der Waals surface area contributed by atoms with Gasteiger partial charge in [0.25, 0.3) is 0 Å². The molecule has 2 N–H and O–H groups in total. The van der Waals surface area contributed by atoms with Crippen LogP contribution in [0.2, 0.25) is 0 Å². The first kappa shape index (κ1) is 15.9. The van der Waals surface area contributed by atoms with E-state index in [2.05, 4.69) is 29.5 Å². The maximum Gasteiger partial charge on any atom is 0.319 e. The Balaban J connectivity index is 1.84. The van der Waals surface area contributed by atoms with Gasteiger partial charge >= 0.3 is 6.03 Å². The molecule has 0 aliphatic carbocycles. The molecule has 112 valence electrons. The SMILES string of the molecule is CC(C)Sc1ccccc1NC(=O)NCCc1cscn1. The monoisotopic (exact) mass is 321 g/mol. The van der Waals surface area contributed by atoms with Gasteiger partial charge in [-0.15, -0.1) is 23.1 Å². The molecule has 1 aromatic carbocycles. The number of urea groups is 1. The highest BCUT2D eigenvalue weighted by Crippen LogP contribution is 2.29. The molecule has 0 spiro atoms. The zero-order chi connectivity index (χ0) is 15.1. The molecule has 2 aromatic rings. The first-order chi connectivity index (χ1) is 10.1. The van der Waals surface area contributed by atoms with E-state index in [9.17, 15) is 4.79 Å². The zero-order valence-corrected chi connectivity index (χ0v) is 13.8. The topological polar surface area (TPSA) is 54.0 Å². The Bertz CT molecular complexity index is 570. The normalized spacial score (nSPS) is 10.6. The van der Waals surface area contributed by atoms with Crippen LogP contribution in [-0.4, -0.2) is 22.8 Å². The summed E-state index contributed by atoms with van der Waals surface area (Å²) < 4.78 is 0. The van der Waals surface area contributed by atoms with Crippen LogP contribution in [0.25, 0.3) is 0 Å². The molecule has 0 saturated heterocycles. The lowest BCUT2D eigenvalue weighted by molar-refractivity contribution is 0.252. The number of carbonyl (C=O) groups excluding carboxylic acids is 1. The molecule has 0 fully saturated rings. The Hall–Kier alpha value is -1.53.